The van der Waals surface area contributed by atoms with Crippen LogP contribution in [-0.2, 0) is 4.79 Å². The molecule has 1 saturated carbocycles. The molecule has 1 fully saturated rings. The Balaban J connectivity index is 1.71. The van der Waals surface area contributed by atoms with Crippen molar-refractivity contribution in [1.82, 2.24) is 4.98 Å². The molecule has 1 amide bonds. The summed E-state index contributed by atoms with van der Waals surface area (Å²) >= 11 is 3.22. The highest BCUT2D eigenvalue weighted by molar-refractivity contribution is 7.17. The van der Waals surface area contributed by atoms with E-state index in [1.165, 1.54) is 22.6 Å². The molecule has 0 unspecified atom stereocenters. The van der Waals surface area contributed by atoms with Crippen LogP contribution in [0.5, 0.6) is 0 Å². The predicted octanol–water partition coefficient (Wildman–Crippen LogP) is 3.92. The normalized spacial score (nSPS) is 15.4. The summed E-state index contributed by atoms with van der Waals surface area (Å²) in [5.74, 6) is 0.339. The second kappa shape index (κ2) is 4.82. The summed E-state index contributed by atoms with van der Waals surface area (Å²) in [4.78, 5) is 18.7. The number of nitrogens with zero attached hydrogens (tertiary/aromatic N) is 1. The van der Waals surface area contributed by atoms with E-state index in [0.29, 0.717) is 5.13 Å². The van der Waals surface area contributed by atoms with Gasteiger partial charge in [-0.1, -0.05) is 6.42 Å². The van der Waals surface area contributed by atoms with Crippen LogP contribution >= 0.6 is 22.7 Å². The first-order valence-electron chi connectivity index (χ1n) is 6.05. The van der Waals surface area contributed by atoms with Gasteiger partial charge in [0, 0.05) is 16.2 Å². The van der Waals surface area contributed by atoms with Crippen LogP contribution in [0.25, 0.3) is 10.6 Å². The highest BCUT2D eigenvalue weighted by atomic mass is 32.1. The van der Waals surface area contributed by atoms with Crippen LogP contribution in [0, 0.1) is 12.8 Å². The molecule has 2 heterocycles. The van der Waals surface area contributed by atoms with Gasteiger partial charge in [0.25, 0.3) is 0 Å². The number of rotatable bonds is 3. The maximum Gasteiger partial charge on any atom is 0.229 e. The van der Waals surface area contributed by atoms with E-state index in [2.05, 4.69) is 29.4 Å². The third-order valence-electron chi connectivity index (χ3n) is 3.20. The number of amides is 1. The van der Waals surface area contributed by atoms with Crippen molar-refractivity contribution < 1.29 is 4.79 Å². The zero-order valence-electron chi connectivity index (χ0n) is 10.1. The summed E-state index contributed by atoms with van der Waals surface area (Å²) in [6, 6.07) is 4.17. The van der Waals surface area contributed by atoms with Crippen LogP contribution in [0.1, 0.15) is 24.1 Å². The molecule has 0 aromatic carbocycles. The molecule has 5 heteroatoms. The van der Waals surface area contributed by atoms with Crippen molar-refractivity contribution in [2.24, 2.45) is 5.92 Å². The maximum absolute atomic E-state index is 11.8. The largest absolute Gasteiger partial charge is 0.302 e. The molecular weight excluding hydrogens is 264 g/mol. The van der Waals surface area contributed by atoms with Crippen molar-refractivity contribution in [2.45, 2.75) is 26.2 Å². The van der Waals surface area contributed by atoms with E-state index in [1.54, 1.807) is 11.3 Å². The van der Waals surface area contributed by atoms with Crippen molar-refractivity contribution in [3.05, 3.63) is 22.4 Å². The number of hydrogen-bond donors (Lipinski definition) is 1. The van der Waals surface area contributed by atoms with Crippen LogP contribution in [0.15, 0.2) is 17.5 Å². The van der Waals surface area contributed by atoms with E-state index in [1.807, 2.05) is 5.38 Å². The van der Waals surface area contributed by atoms with E-state index >= 15 is 0 Å². The molecular formula is C13H14N2OS2. The molecule has 0 aliphatic heterocycles. The molecule has 18 heavy (non-hydrogen) atoms. The lowest BCUT2D eigenvalue weighted by atomic mass is 9.85. The van der Waals surface area contributed by atoms with Gasteiger partial charge in [-0.25, -0.2) is 4.98 Å². The molecule has 0 bridgehead atoms. The molecule has 2 aromatic rings. The average molecular weight is 278 g/mol. The lowest BCUT2D eigenvalue weighted by Gasteiger charge is -2.23. The molecule has 94 valence electrons. The second-order valence-corrected chi connectivity index (χ2v) is 6.71. The zero-order valence-corrected chi connectivity index (χ0v) is 11.7. The topological polar surface area (TPSA) is 42.0 Å². The van der Waals surface area contributed by atoms with Gasteiger partial charge in [0.2, 0.25) is 5.91 Å². The average Bonchev–Trinajstić information content (AvgIpc) is 2.84. The first kappa shape index (κ1) is 11.9. The van der Waals surface area contributed by atoms with Crippen LogP contribution in [-0.4, -0.2) is 10.9 Å². The Kier molecular flexibility index (Phi) is 3.18. The minimum Gasteiger partial charge on any atom is -0.302 e. The number of thiazole rings is 1. The van der Waals surface area contributed by atoms with Crippen LogP contribution in [0.3, 0.4) is 0 Å². The number of nitrogens with one attached hydrogen (secondary N) is 1. The molecule has 1 aliphatic carbocycles. The van der Waals surface area contributed by atoms with E-state index in [4.69, 9.17) is 0 Å². The summed E-state index contributed by atoms with van der Waals surface area (Å²) in [5, 5.41) is 5.63. The maximum atomic E-state index is 11.8. The highest BCUT2D eigenvalue weighted by Crippen LogP contribution is 2.32. The van der Waals surface area contributed by atoms with Gasteiger partial charge in [-0.2, -0.15) is 0 Å². The first-order chi connectivity index (χ1) is 8.72. The minimum absolute atomic E-state index is 0.129. The summed E-state index contributed by atoms with van der Waals surface area (Å²) in [6.07, 6.45) is 3.22. The van der Waals surface area contributed by atoms with Gasteiger partial charge < -0.3 is 5.32 Å². The second-order valence-electron chi connectivity index (χ2n) is 4.57. The molecule has 0 radical (unpaired) electrons. The van der Waals surface area contributed by atoms with Gasteiger partial charge in [0.05, 0.1) is 10.6 Å². The quantitative estimate of drug-likeness (QED) is 0.924. The molecule has 1 N–H and O–H groups in total. The molecule has 0 spiro atoms. The fraction of sp³-hybridized carbons (Fsp3) is 0.385. The van der Waals surface area contributed by atoms with Gasteiger partial charge >= 0.3 is 0 Å². The summed E-state index contributed by atoms with van der Waals surface area (Å²) in [7, 11) is 0. The number of aryl methyl sites for hydroxylation is 1. The van der Waals surface area contributed by atoms with Crippen LogP contribution in [0.4, 0.5) is 5.13 Å². The minimum atomic E-state index is 0.129. The summed E-state index contributed by atoms with van der Waals surface area (Å²) < 4.78 is 0. The number of aromatic nitrogens is 1. The molecule has 2 aromatic heterocycles. The highest BCUT2D eigenvalue weighted by Gasteiger charge is 2.25. The van der Waals surface area contributed by atoms with Crippen molar-refractivity contribution in [1.29, 1.82) is 0 Å². The Labute approximate surface area is 114 Å². The van der Waals surface area contributed by atoms with Gasteiger partial charge in [0.15, 0.2) is 5.13 Å². The van der Waals surface area contributed by atoms with Gasteiger partial charge in [-0.05, 0) is 31.9 Å². The van der Waals surface area contributed by atoms with Gasteiger partial charge in [-0.15, -0.1) is 22.7 Å². The van der Waals surface area contributed by atoms with Crippen molar-refractivity contribution in [3.63, 3.8) is 0 Å². The molecule has 0 atom stereocenters. The van der Waals surface area contributed by atoms with E-state index in [0.717, 1.165) is 23.4 Å². The molecule has 1 aliphatic rings. The monoisotopic (exact) mass is 278 g/mol. The summed E-state index contributed by atoms with van der Waals surface area (Å²) in [6.45, 7) is 2.08. The molecule has 0 saturated heterocycles. The fourth-order valence-electron chi connectivity index (χ4n) is 1.89. The van der Waals surface area contributed by atoms with E-state index < -0.39 is 0 Å². The Morgan fingerprint density at radius 3 is 2.89 bits per heavy atom. The Hall–Kier alpha value is -1.20. The molecule has 3 nitrogen and oxygen atoms in total. The molecule has 3 rings (SSSR count). The Bertz CT molecular complexity index is 569. The van der Waals surface area contributed by atoms with E-state index in [9.17, 15) is 4.79 Å². The van der Waals surface area contributed by atoms with Crippen molar-refractivity contribution >= 4 is 33.7 Å². The number of carbonyl (C=O) groups excluding carboxylic acids is 1. The van der Waals surface area contributed by atoms with Crippen LogP contribution < -0.4 is 5.32 Å². The third-order valence-corrected chi connectivity index (χ3v) is 4.98. The van der Waals surface area contributed by atoms with Crippen LogP contribution in [0.2, 0.25) is 0 Å². The predicted molar refractivity (Wildman–Crippen MR) is 76.1 cm³/mol. The Morgan fingerprint density at radius 1 is 1.44 bits per heavy atom. The lowest BCUT2D eigenvalue weighted by molar-refractivity contribution is -0.122. The number of anilines is 1. The number of carbonyl (C=O) groups is 1. The number of thiophene rings is 1. The standard InChI is InChI=1S/C13H14N2OS2/c1-8-5-6-11(18-8)10-7-17-13(14-10)15-12(16)9-3-2-4-9/h5-7,9H,2-4H2,1H3,(H,14,15,16). The fourth-order valence-corrected chi connectivity index (χ4v) is 3.51. The van der Waals surface area contributed by atoms with E-state index in [-0.39, 0.29) is 11.8 Å². The number of hydrogen-bond acceptors (Lipinski definition) is 4. The smallest absolute Gasteiger partial charge is 0.229 e. The zero-order chi connectivity index (χ0) is 12.5. The first-order valence-corrected chi connectivity index (χ1v) is 7.75. The van der Waals surface area contributed by atoms with Gasteiger partial charge in [0.1, 0.15) is 0 Å². The third kappa shape index (κ3) is 2.33. The van der Waals surface area contributed by atoms with Crippen molar-refractivity contribution in [2.75, 3.05) is 5.32 Å². The Morgan fingerprint density at radius 2 is 2.28 bits per heavy atom. The van der Waals surface area contributed by atoms with Crippen molar-refractivity contribution in [3.8, 4) is 10.6 Å². The lowest BCUT2D eigenvalue weighted by Crippen LogP contribution is -2.27. The van der Waals surface area contributed by atoms with Gasteiger partial charge in [-0.3, -0.25) is 4.79 Å². The SMILES string of the molecule is Cc1ccc(-c2csc(NC(=O)C3CCC3)n2)s1. The summed E-state index contributed by atoms with van der Waals surface area (Å²) in [5.41, 5.74) is 0.960.